The Labute approximate surface area is 164 Å². The molecule has 1 aromatic rings. The molecule has 0 radical (unpaired) electrons. The first-order valence-corrected chi connectivity index (χ1v) is 11.0. The van der Waals surface area contributed by atoms with E-state index in [1.807, 2.05) is 0 Å². The molecule has 1 aromatic carbocycles. The lowest BCUT2D eigenvalue weighted by Gasteiger charge is -2.32. The molecule has 2 aliphatic heterocycles. The lowest BCUT2D eigenvalue weighted by Crippen LogP contribution is -2.48. The Bertz CT molecular complexity index is 799. The fraction of sp³-hybridized carbons (Fsp3) is 0.556. The third-order valence-corrected chi connectivity index (χ3v) is 7.35. The van der Waals surface area contributed by atoms with Crippen LogP contribution in [0, 0.1) is 0 Å². The number of nitrogens with zero attached hydrogens (tertiary/aromatic N) is 3. The van der Waals surface area contributed by atoms with Gasteiger partial charge in [-0.15, -0.1) is 0 Å². The lowest BCUT2D eigenvalue weighted by atomic mass is 10.2. The zero-order valence-electron chi connectivity index (χ0n) is 15.1. The summed E-state index contributed by atoms with van der Waals surface area (Å²) in [4.78, 5) is 27.0. The number of sulfonamides is 1. The van der Waals surface area contributed by atoms with Crippen LogP contribution in [-0.4, -0.2) is 74.1 Å². The van der Waals surface area contributed by atoms with Crippen LogP contribution in [0.1, 0.15) is 36.0 Å². The fourth-order valence-corrected chi connectivity index (χ4v) is 5.20. The molecule has 0 atom stereocenters. The van der Waals surface area contributed by atoms with Crippen molar-refractivity contribution < 1.29 is 18.0 Å². The molecule has 2 heterocycles. The molecular weight excluding hydrogens is 390 g/mol. The molecule has 0 spiro atoms. The molecule has 27 heavy (non-hydrogen) atoms. The molecule has 2 aliphatic rings. The zero-order valence-corrected chi connectivity index (χ0v) is 16.7. The normalized spacial score (nSPS) is 19.6. The van der Waals surface area contributed by atoms with Crippen LogP contribution in [0.5, 0.6) is 0 Å². The smallest absolute Gasteiger partial charge is 0.255 e. The second-order valence-corrected chi connectivity index (χ2v) is 9.24. The van der Waals surface area contributed by atoms with E-state index in [4.69, 9.17) is 11.6 Å². The average Bonchev–Trinajstić information content (AvgIpc) is 2.98. The van der Waals surface area contributed by atoms with Crippen molar-refractivity contribution in [2.45, 2.75) is 30.6 Å². The predicted molar refractivity (Wildman–Crippen MR) is 102 cm³/mol. The Balaban J connectivity index is 1.83. The number of piperazine rings is 1. The van der Waals surface area contributed by atoms with Gasteiger partial charge in [-0.05, 0) is 31.0 Å². The number of carbonyl (C=O) groups excluding carboxylic acids is 2. The monoisotopic (exact) mass is 413 g/mol. The van der Waals surface area contributed by atoms with E-state index in [0.717, 1.165) is 32.1 Å². The molecule has 0 N–H and O–H groups in total. The molecule has 2 saturated heterocycles. The van der Waals surface area contributed by atoms with Gasteiger partial charge in [-0.2, -0.15) is 4.31 Å². The molecule has 9 heteroatoms. The number of hydrogen-bond donors (Lipinski definition) is 0. The topological polar surface area (TPSA) is 78.0 Å². The molecule has 0 unspecified atom stereocenters. The van der Waals surface area contributed by atoms with Gasteiger partial charge in [0.05, 0.1) is 15.5 Å². The summed E-state index contributed by atoms with van der Waals surface area (Å²) in [6.07, 6.45) is 4.52. The van der Waals surface area contributed by atoms with Crippen LogP contribution in [0.4, 0.5) is 0 Å². The minimum atomic E-state index is -3.65. The molecule has 0 saturated carbocycles. The van der Waals surface area contributed by atoms with E-state index in [2.05, 4.69) is 0 Å². The van der Waals surface area contributed by atoms with Crippen molar-refractivity contribution in [3.63, 3.8) is 0 Å². The molecule has 2 amide bonds. The standard InChI is InChI=1S/C18H24ClN3O4S/c19-17-6-5-15(27(25,26)22-7-3-1-2-4-8-22)13-16(17)18(24)21-11-9-20(14-23)10-12-21/h5-6,13-14H,1-4,7-12H2. The van der Waals surface area contributed by atoms with Gasteiger partial charge in [0.25, 0.3) is 5.91 Å². The SMILES string of the molecule is O=CN1CCN(C(=O)c2cc(S(=O)(=O)N3CCCCCC3)ccc2Cl)CC1. The maximum atomic E-state index is 13.0. The number of halogens is 1. The van der Waals surface area contributed by atoms with E-state index >= 15 is 0 Å². The minimum Gasteiger partial charge on any atom is -0.342 e. The highest BCUT2D eigenvalue weighted by atomic mass is 35.5. The van der Waals surface area contributed by atoms with Crippen LogP contribution in [0.2, 0.25) is 5.02 Å². The van der Waals surface area contributed by atoms with Crippen molar-refractivity contribution >= 4 is 33.9 Å². The van der Waals surface area contributed by atoms with Gasteiger partial charge in [0.15, 0.2) is 0 Å². The van der Waals surface area contributed by atoms with Crippen LogP contribution in [0.3, 0.4) is 0 Å². The summed E-state index contributed by atoms with van der Waals surface area (Å²) in [5.74, 6) is -0.307. The molecular formula is C18H24ClN3O4S. The number of rotatable bonds is 4. The lowest BCUT2D eigenvalue weighted by molar-refractivity contribution is -0.119. The largest absolute Gasteiger partial charge is 0.342 e. The number of amides is 2. The van der Waals surface area contributed by atoms with Crippen molar-refractivity contribution in [1.82, 2.24) is 14.1 Å². The first-order valence-electron chi connectivity index (χ1n) is 9.22. The van der Waals surface area contributed by atoms with Crippen LogP contribution >= 0.6 is 11.6 Å². The van der Waals surface area contributed by atoms with E-state index in [1.54, 1.807) is 9.80 Å². The molecule has 3 rings (SSSR count). The van der Waals surface area contributed by atoms with Crippen molar-refractivity contribution in [2.75, 3.05) is 39.3 Å². The van der Waals surface area contributed by atoms with Gasteiger partial charge >= 0.3 is 0 Å². The van der Waals surface area contributed by atoms with Crippen LogP contribution in [-0.2, 0) is 14.8 Å². The van der Waals surface area contributed by atoms with E-state index in [-0.39, 0.29) is 21.4 Å². The van der Waals surface area contributed by atoms with Gasteiger partial charge in [0.2, 0.25) is 16.4 Å². The maximum absolute atomic E-state index is 13.0. The van der Waals surface area contributed by atoms with Gasteiger partial charge in [0.1, 0.15) is 0 Å². The summed E-state index contributed by atoms with van der Waals surface area (Å²) in [5.41, 5.74) is 0.187. The van der Waals surface area contributed by atoms with E-state index < -0.39 is 10.0 Å². The molecule has 0 bridgehead atoms. The van der Waals surface area contributed by atoms with Crippen molar-refractivity contribution in [2.24, 2.45) is 0 Å². The second kappa shape index (κ2) is 8.58. The van der Waals surface area contributed by atoms with Gasteiger partial charge < -0.3 is 9.80 Å². The van der Waals surface area contributed by atoms with E-state index in [0.29, 0.717) is 39.3 Å². The predicted octanol–water partition coefficient (Wildman–Crippen LogP) is 1.82. The molecule has 0 aliphatic carbocycles. The average molecular weight is 414 g/mol. The van der Waals surface area contributed by atoms with Gasteiger partial charge in [-0.25, -0.2) is 8.42 Å². The van der Waals surface area contributed by atoms with Crippen molar-refractivity contribution in [1.29, 1.82) is 0 Å². The zero-order chi connectivity index (χ0) is 19.4. The molecule has 0 aromatic heterocycles. The highest BCUT2D eigenvalue weighted by molar-refractivity contribution is 7.89. The number of hydrogen-bond acceptors (Lipinski definition) is 4. The first kappa shape index (κ1) is 20.1. The highest BCUT2D eigenvalue weighted by Gasteiger charge is 2.28. The summed E-state index contributed by atoms with van der Waals surface area (Å²) < 4.78 is 27.5. The highest BCUT2D eigenvalue weighted by Crippen LogP contribution is 2.26. The third-order valence-electron chi connectivity index (χ3n) is 5.12. The fourth-order valence-electron chi connectivity index (χ4n) is 3.46. The van der Waals surface area contributed by atoms with Gasteiger partial charge in [-0.1, -0.05) is 24.4 Å². The Morgan fingerprint density at radius 2 is 1.59 bits per heavy atom. The van der Waals surface area contributed by atoms with Gasteiger partial charge in [0, 0.05) is 39.3 Å². The Hall–Kier alpha value is -1.64. The molecule has 2 fully saturated rings. The van der Waals surface area contributed by atoms with Crippen LogP contribution in [0.15, 0.2) is 23.1 Å². The summed E-state index contributed by atoms with van der Waals surface area (Å²) >= 11 is 6.21. The van der Waals surface area contributed by atoms with Crippen molar-refractivity contribution in [3.05, 3.63) is 28.8 Å². The maximum Gasteiger partial charge on any atom is 0.255 e. The Morgan fingerprint density at radius 1 is 0.963 bits per heavy atom. The van der Waals surface area contributed by atoms with E-state index in [1.165, 1.54) is 22.5 Å². The number of carbonyl (C=O) groups is 2. The number of benzene rings is 1. The second-order valence-electron chi connectivity index (χ2n) is 6.89. The first-order chi connectivity index (χ1) is 12.9. The van der Waals surface area contributed by atoms with Gasteiger partial charge in [-0.3, -0.25) is 9.59 Å². The minimum absolute atomic E-state index is 0.101. The van der Waals surface area contributed by atoms with E-state index in [9.17, 15) is 18.0 Å². The summed E-state index contributed by atoms with van der Waals surface area (Å²) in [5, 5.41) is 0.229. The molecule has 7 nitrogen and oxygen atoms in total. The Morgan fingerprint density at radius 3 is 2.19 bits per heavy atom. The summed E-state index contributed by atoms with van der Waals surface area (Å²) in [6.45, 7) is 2.72. The summed E-state index contributed by atoms with van der Waals surface area (Å²) in [6, 6.07) is 4.32. The van der Waals surface area contributed by atoms with Crippen LogP contribution in [0.25, 0.3) is 0 Å². The Kier molecular flexibility index (Phi) is 6.39. The third kappa shape index (κ3) is 4.44. The quantitative estimate of drug-likeness (QED) is 0.705. The van der Waals surface area contributed by atoms with Crippen LogP contribution < -0.4 is 0 Å². The summed E-state index contributed by atoms with van der Waals surface area (Å²) in [7, 11) is -3.65. The molecule has 148 valence electrons. The van der Waals surface area contributed by atoms with Crippen molar-refractivity contribution in [3.8, 4) is 0 Å².